The maximum Gasteiger partial charge on any atom is 0.257 e. The number of anilines is 1. The summed E-state index contributed by atoms with van der Waals surface area (Å²) in [6, 6.07) is 5.93. The summed E-state index contributed by atoms with van der Waals surface area (Å²) in [5.74, 6) is 0.628. The Morgan fingerprint density at radius 1 is 1.19 bits per heavy atom. The number of carbonyl (C=O) groups is 2. The summed E-state index contributed by atoms with van der Waals surface area (Å²) in [5, 5.41) is 7.37. The largest absolute Gasteiger partial charge is 0.370 e. The predicted molar refractivity (Wildman–Crippen MR) is 102 cm³/mol. The van der Waals surface area contributed by atoms with Crippen LogP contribution in [-0.2, 0) is 18.3 Å². The Balaban J connectivity index is 1.77. The van der Waals surface area contributed by atoms with Gasteiger partial charge in [0.2, 0.25) is 5.91 Å². The van der Waals surface area contributed by atoms with E-state index in [1.165, 1.54) is 0 Å². The van der Waals surface area contributed by atoms with E-state index in [0.29, 0.717) is 18.7 Å². The zero-order valence-corrected chi connectivity index (χ0v) is 15.9. The number of carbonyl (C=O) groups excluding carboxylic acids is 2. The number of hydrogen-bond acceptors (Lipinski definition) is 5. The van der Waals surface area contributed by atoms with Crippen molar-refractivity contribution in [2.24, 2.45) is 7.05 Å². The smallest absolute Gasteiger partial charge is 0.257 e. The number of rotatable bonds is 1. The van der Waals surface area contributed by atoms with Crippen LogP contribution in [0.2, 0.25) is 0 Å². The molecule has 144 valence electrons. The van der Waals surface area contributed by atoms with Gasteiger partial charge in [-0.2, -0.15) is 5.10 Å². The van der Waals surface area contributed by atoms with Gasteiger partial charge in [0.05, 0.1) is 11.8 Å². The summed E-state index contributed by atoms with van der Waals surface area (Å²) < 4.78 is 1.59. The van der Waals surface area contributed by atoms with Crippen LogP contribution in [0.3, 0.4) is 0 Å². The van der Waals surface area contributed by atoms with Crippen molar-refractivity contribution in [1.82, 2.24) is 24.6 Å². The number of aryl methyl sites for hydroxylation is 2. The molecule has 2 bridgehead atoms. The molecule has 8 heteroatoms. The lowest BCUT2D eigenvalue weighted by Gasteiger charge is -2.25. The molecule has 2 amide bonds. The van der Waals surface area contributed by atoms with E-state index in [-0.39, 0.29) is 18.4 Å². The van der Waals surface area contributed by atoms with E-state index in [1.807, 2.05) is 18.2 Å². The molecule has 1 aliphatic rings. The van der Waals surface area contributed by atoms with Gasteiger partial charge in [0.15, 0.2) is 0 Å². The van der Waals surface area contributed by atoms with Gasteiger partial charge in [0.1, 0.15) is 12.4 Å². The Morgan fingerprint density at radius 3 is 2.81 bits per heavy atom. The first kappa shape index (κ1) is 18.9. The van der Waals surface area contributed by atoms with Crippen molar-refractivity contribution in [1.29, 1.82) is 0 Å². The molecule has 1 N–H and O–H groups in total. The Kier molecular flexibility index (Phi) is 6.05. The molecule has 0 aromatic carbocycles. The fraction of sp³-hybridized carbons (Fsp3) is 0.474. The maximum atomic E-state index is 12.9. The first-order valence-electron chi connectivity index (χ1n) is 9.24. The second-order valence-corrected chi connectivity index (χ2v) is 6.84. The van der Waals surface area contributed by atoms with Crippen molar-refractivity contribution in [2.75, 3.05) is 38.5 Å². The van der Waals surface area contributed by atoms with E-state index in [4.69, 9.17) is 0 Å². The molecule has 0 spiro atoms. The van der Waals surface area contributed by atoms with Crippen LogP contribution < -0.4 is 5.32 Å². The van der Waals surface area contributed by atoms with Gasteiger partial charge in [-0.25, -0.2) is 4.98 Å². The molecule has 2 aromatic rings. The van der Waals surface area contributed by atoms with E-state index < -0.39 is 0 Å². The lowest BCUT2D eigenvalue weighted by Crippen LogP contribution is -2.42. The second kappa shape index (κ2) is 8.66. The standard InChI is InChI=1S/C19H26N6O2/c1-23-10-5-9-20-17-8-3-6-16(22-17)7-4-11-25(14-18(23)26)19(27)15-12-21-24(2)13-15/h3,6,8,12-13H,4-5,7,9-11,14H2,1-2H3,(H,20,22). The highest BCUT2D eigenvalue weighted by molar-refractivity contribution is 5.96. The number of nitrogens with one attached hydrogen (secondary N) is 1. The van der Waals surface area contributed by atoms with Crippen LogP contribution in [0.25, 0.3) is 0 Å². The average Bonchev–Trinajstić information content (AvgIpc) is 3.09. The van der Waals surface area contributed by atoms with Crippen molar-refractivity contribution in [2.45, 2.75) is 19.3 Å². The minimum Gasteiger partial charge on any atom is -0.370 e. The van der Waals surface area contributed by atoms with Gasteiger partial charge in [0.25, 0.3) is 5.91 Å². The van der Waals surface area contributed by atoms with Crippen LogP contribution in [-0.4, -0.2) is 69.6 Å². The summed E-state index contributed by atoms with van der Waals surface area (Å²) >= 11 is 0. The molecule has 0 saturated carbocycles. The molecule has 0 saturated heterocycles. The highest BCUT2D eigenvalue weighted by Gasteiger charge is 2.21. The minimum absolute atomic E-state index is 0.0547. The Hall–Kier alpha value is -2.90. The van der Waals surface area contributed by atoms with Gasteiger partial charge in [0, 0.05) is 45.6 Å². The fourth-order valence-corrected chi connectivity index (χ4v) is 3.08. The predicted octanol–water partition coefficient (Wildman–Crippen LogP) is 1.16. The topological polar surface area (TPSA) is 83.4 Å². The first-order chi connectivity index (χ1) is 13.0. The Morgan fingerprint density at radius 2 is 2.04 bits per heavy atom. The van der Waals surface area contributed by atoms with E-state index >= 15 is 0 Å². The van der Waals surface area contributed by atoms with Crippen LogP contribution in [0, 0.1) is 0 Å². The van der Waals surface area contributed by atoms with E-state index in [2.05, 4.69) is 15.4 Å². The molecule has 3 heterocycles. The molecule has 2 aromatic heterocycles. The maximum absolute atomic E-state index is 12.9. The SMILES string of the molecule is CN1CCCNc2cccc(n2)CCCN(C(=O)c2cnn(C)c2)CC1=O. The zero-order chi connectivity index (χ0) is 19.2. The van der Waals surface area contributed by atoms with Crippen molar-refractivity contribution in [3.8, 4) is 0 Å². The number of fused-ring (bicyclic) bond motifs is 2. The van der Waals surface area contributed by atoms with Gasteiger partial charge in [-0.1, -0.05) is 6.07 Å². The molecule has 0 aliphatic carbocycles. The van der Waals surface area contributed by atoms with E-state index in [1.54, 1.807) is 41.0 Å². The molecule has 0 unspecified atom stereocenters. The Bertz CT molecular complexity index is 803. The number of likely N-dealkylation sites (N-methyl/N-ethyl adjacent to an activating group) is 1. The van der Waals surface area contributed by atoms with Crippen molar-refractivity contribution < 1.29 is 9.59 Å². The monoisotopic (exact) mass is 370 g/mol. The summed E-state index contributed by atoms with van der Waals surface area (Å²) in [5.41, 5.74) is 1.48. The van der Waals surface area contributed by atoms with Crippen molar-refractivity contribution in [3.63, 3.8) is 0 Å². The molecule has 8 nitrogen and oxygen atoms in total. The van der Waals surface area contributed by atoms with Crippen LogP contribution in [0.1, 0.15) is 28.9 Å². The first-order valence-corrected chi connectivity index (χ1v) is 9.24. The van der Waals surface area contributed by atoms with Crippen LogP contribution in [0.15, 0.2) is 30.6 Å². The third-order valence-corrected chi connectivity index (χ3v) is 4.64. The van der Waals surface area contributed by atoms with Crippen molar-refractivity contribution in [3.05, 3.63) is 41.9 Å². The highest BCUT2D eigenvalue weighted by atomic mass is 16.2. The molecular weight excluding hydrogens is 344 g/mol. The summed E-state index contributed by atoms with van der Waals surface area (Å²) in [4.78, 5) is 33.3. The number of hydrogen-bond donors (Lipinski definition) is 1. The lowest BCUT2D eigenvalue weighted by molar-refractivity contribution is -0.130. The van der Waals surface area contributed by atoms with E-state index in [9.17, 15) is 9.59 Å². The average molecular weight is 370 g/mol. The van der Waals surface area contributed by atoms with Gasteiger partial charge in [-0.15, -0.1) is 0 Å². The summed E-state index contributed by atoms with van der Waals surface area (Å²) in [6.07, 6.45) is 5.51. The third-order valence-electron chi connectivity index (χ3n) is 4.64. The third kappa shape index (κ3) is 5.06. The Labute approximate surface area is 159 Å². The summed E-state index contributed by atoms with van der Waals surface area (Å²) in [6.45, 7) is 1.94. The number of amides is 2. The number of nitrogens with zero attached hydrogens (tertiary/aromatic N) is 5. The molecule has 3 rings (SSSR count). The molecule has 1 aliphatic heterocycles. The fourth-order valence-electron chi connectivity index (χ4n) is 3.08. The molecular formula is C19H26N6O2. The van der Waals surface area contributed by atoms with E-state index in [0.717, 1.165) is 37.3 Å². The second-order valence-electron chi connectivity index (χ2n) is 6.84. The molecule has 27 heavy (non-hydrogen) atoms. The normalized spacial score (nSPS) is 16.6. The van der Waals surface area contributed by atoms with Crippen molar-refractivity contribution >= 4 is 17.6 Å². The van der Waals surface area contributed by atoms with Gasteiger partial charge in [-0.05, 0) is 31.4 Å². The molecule has 0 radical (unpaired) electrons. The lowest BCUT2D eigenvalue weighted by atomic mass is 10.2. The number of aromatic nitrogens is 3. The zero-order valence-electron chi connectivity index (χ0n) is 15.9. The summed E-state index contributed by atoms with van der Waals surface area (Å²) in [7, 11) is 3.55. The quantitative estimate of drug-likeness (QED) is 0.815. The molecule has 0 fully saturated rings. The number of pyridine rings is 1. The van der Waals surface area contributed by atoms with Crippen LogP contribution >= 0.6 is 0 Å². The van der Waals surface area contributed by atoms with Crippen LogP contribution in [0.4, 0.5) is 5.82 Å². The molecule has 0 atom stereocenters. The van der Waals surface area contributed by atoms with Gasteiger partial charge < -0.3 is 15.1 Å². The van der Waals surface area contributed by atoms with Gasteiger partial charge in [-0.3, -0.25) is 14.3 Å². The minimum atomic E-state index is -0.166. The van der Waals surface area contributed by atoms with Crippen LogP contribution in [0.5, 0.6) is 0 Å². The van der Waals surface area contributed by atoms with Gasteiger partial charge >= 0.3 is 0 Å². The highest BCUT2D eigenvalue weighted by Crippen LogP contribution is 2.11.